The van der Waals surface area contributed by atoms with Gasteiger partial charge >= 0.3 is 0 Å². The smallest absolute Gasteiger partial charge is 0.222 e. The highest BCUT2D eigenvalue weighted by molar-refractivity contribution is 5.78. The Labute approximate surface area is 129 Å². The van der Waals surface area contributed by atoms with E-state index in [4.69, 9.17) is 0 Å². The molecule has 6 heteroatoms. The van der Waals surface area contributed by atoms with Crippen LogP contribution >= 0.6 is 0 Å². The summed E-state index contributed by atoms with van der Waals surface area (Å²) in [5, 5.41) is 0. The molecule has 0 radical (unpaired) electrons. The molecule has 0 saturated carbocycles. The van der Waals surface area contributed by atoms with Crippen molar-refractivity contribution in [3.63, 3.8) is 0 Å². The molecule has 0 aromatic carbocycles. The third kappa shape index (κ3) is 2.38. The number of aromatic nitrogens is 3. The molecule has 1 amide bonds. The minimum atomic E-state index is 0.331. The number of amides is 1. The van der Waals surface area contributed by atoms with Crippen molar-refractivity contribution in [2.24, 2.45) is 0 Å². The van der Waals surface area contributed by atoms with Crippen molar-refractivity contribution in [2.45, 2.75) is 31.7 Å². The third-order valence-electron chi connectivity index (χ3n) is 4.66. The van der Waals surface area contributed by atoms with Crippen molar-refractivity contribution >= 4 is 22.9 Å². The number of likely N-dealkylation sites (tertiary alicyclic amines) is 1. The van der Waals surface area contributed by atoms with Gasteiger partial charge in [0.05, 0.1) is 0 Å². The van der Waals surface area contributed by atoms with E-state index >= 15 is 0 Å². The van der Waals surface area contributed by atoms with Crippen LogP contribution in [0.25, 0.3) is 11.2 Å². The molecule has 0 spiro atoms. The molecule has 4 rings (SSSR count). The van der Waals surface area contributed by atoms with E-state index in [0.29, 0.717) is 17.6 Å². The summed E-state index contributed by atoms with van der Waals surface area (Å²) in [6.07, 6.45) is 7.14. The van der Waals surface area contributed by atoms with Crippen LogP contribution in [0.2, 0.25) is 0 Å². The summed E-state index contributed by atoms with van der Waals surface area (Å²) in [4.78, 5) is 29.4. The molecule has 2 aromatic rings. The normalized spacial score (nSPS) is 20.1. The van der Waals surface area contributed by atoms with Crippen LogP contribution in [-0.2, 0) is 4.79 Å². The SMILES string of the molecule is O=C1CCCN1C1CCN(c2ccc3nccnc3n2)CC1. The van der Waals surface area contributed by atoms with Crippen LogP contribution in [0.15, 0.2) is 24.5 Å². The Morgan fingerprint density at radius 2 is 1.86 bits per heavy atom. The Hall–Kier alpha value is -2.24. The van der Waals surface area contributed by atoms with E-state index in [1.165, 1.54) is 0 Å². The molecular formula is C16H19N5O. The number of piperidine rings is 1. The summed E-state index contributed by atoms with van der Waals surface area (Å²) in [7, 11) is 0. The molecule has 2 saturated heterocycles. The summed E-state index contributed by atoms with van der Waals surface area (Å²) in [5.74, 6) is 1.29. The Bertz CT molecular complexity index is 696. The van der Waals surface area contributed by atoms with Gasteiger partial charge in [0.1, 0.15) is 11.3 Å². The highest BCUT2D eigenvalue weighted by atomic mass is 16.2. The summed E-state index contributed by atoms with van der Waals surface area (Å²) < 4.78 is 0. The zero-order valence-electron chi connectivity index (χ0n) is 12.5. The zero-order valence-corrected chi connectivity index (χ0v) is 12.5. The van der Waals surface area contributed by atoms with Gasteiger partial charge in [-0.3, -0.25) is 9.78 Å². The Morgan fingerprint density at radius 3 is 2.64 bits per heavy atom. The van der Waals surface area contributed by atoms with Crippen molar-refractivity contribution in [3.05, 3.63) is 24.5 Å². The fourth-order valence-electron chi connectivity index (χ4n) is 3.48. The van der Waals surface area contributed by atoms with Crippen LogP contribution in [0, 0.1) is 0 Å². The van der Waals surface area contributed by atoms with Gasteiger partial charge < -0.3 is 9.80 Å². The van der Waals surface area contributed by atoms with Gasteiger partial charge in [-0.2, -0.15) is 0 Å². The molecule has 2 aromatic heterocycles. The van der Waals surface area contributed by atoms with Crippen molar-refractivity contribution in [3.8, 4) is 0 Å². The molecule has 4 heterocycles. The molecule has 0 unspecified atom stereocenters. The second-order valence-electron chi connectivity index (χ2n) is 5.98. The van der Waals surface area contributed by atoms with E-state index in [9.17, 15) is 4.79 Å². The highest BCUT2D eigenvalue weighted by Crippen LogP contribution is 2.25. The number of hydrogen-bond acceptors (Lipinski definition) is 5. The van der Waals surface area contributed by atoms with Gasteiger partial charge in [0.2, 0.25) is 5.91 Å². The van der Waals surface area contributed by atoms with Crippen molar-refractivity contribution in [2.75, 3.05) is 24.5 Å². The predicted molar refractivity (Wildman–Crippen MR) is 83.5 cm³/mol. The van der Waals surface area contributed by atoms with Gasteiger partial charge in [0, 0.05) is 44.5 Å². The predicted octanol–water partition coefficient (Wildman–Crippen LogP) is 1.62. The van der Waals surface area contributed by atoms with E-state index in [-0.39, 0.29) is 0 Å². The Balaban J connectivity index is 1.47. The number of carbonyl (C=O) groups excluding carboxylic acids is 1. The van der Waals surface area contributed by atoms with Crippen LogP contribution in [0.4, 0.5) is 5.82 Å². The lowest BCUT2D eigenvalue weighted by Gasteiger charge is -2.37. The first-order chi connectivity index (χ1) is 10.8. The Kier molecular flexibility index (Phi) is 3.36. The monoisotopic (exact) mass is 297 g/mol. The molecule has 22 heavy (non-hydrogen) atoms. The number of carbonyl (C=O) groups is 1. The first-order valence-corrected chi connectivity index (χ1v) is 7.93. The topological polar surface area (TPSA) is 62.2 Å². The molecule has 6 nitrogen and oxygen atoms in total. The average molecular weight is 297 g/mol. The zero-order chi connectivity index (χ0) is 14.9. The maximum Gasteiger partial charge on any atom is 0.222 e. The number of fused-ring (bicyclic) bond motifs is 1. The molecule has 0 aliphatic carbocycles. The summed E-state index contributed by atoms with van der Waals surface area (Å²) in [5.41, 5.74) is 1.51. The fraction of sp³-hybridized carbons (Fsp3) is 0.500. The van der Waals surface area contributed by atoms with Crippen LogP contribution in [-0.4, -0.2) is 51.4 Å². The lowest BCUT2D eigenvalue weighted by atomic mass is 10.0. The van der Waals surface area contributed by atoms with Crippen molar-refractivity contribution < 1.29 is 4.79 Å². The third-order valence-corrected chi connectivity index (χ3v) is 4.66. The first-order valence-electron chi connectivity index (χ1n) is 7.93. The minimum Gasteiger partial charge on any atom is -0.356 e. The molecule has 2 aliphatic heterocycles. The second kappa shape index (κ2) is 5.51. The van der Waals surface area contributed by atoms with Gasteiger partial charge in [0.15, 0.2) is 5.65 Å². The molecule has 2 aliphatic rings. The molecular weight excluding hydrogens is 278 g/mol. The van der Waals surface area contributed by atoms with Crippen LogP contribution < -0.4 is 4.90 Å². The maximum atomic E-state index is 11.9. The van der Waals surface area contributed by atoms with Crippen LogP contribution in [0.3, 0.4) is 0 Å². The van der Waals surface area contributed by atoms with Crippen LogP contribution in [0.5, 0.6) is 0 Å². The molecule has 0 bridgehead atoms. The van der Waals surface area contributed by atoms with Gasteiger partial charge in [0.25, 0.3) is 0 Å². The average Bonchev–Trinajstić information content (AvgIpc) is 3.01. The number of anilines is 1. The first kappa shape index (κ1) is 13.4. The summed E-state index contributed by atoms with van der Waals surface area (Å²) in [6.45, 7) is 2.81. The second-order valence-corrected chi connectivity index (χ2v) is 5.98. The van der Waals surface area contributed by atoms with Crippen molar-refractivity contribution in [1.82, 2.24) is 19.9 Å². The lowest BCUT2D eigenvalue weighted by molar-refractivity contribution is -0.130. The van der Waals surface area contributed by atoms with E-state index in [0.717, 1.165) is 56.7 Å². The number of rotatable bonds is 2. The molecule has 0 N–H and O–H groups in total. The van der Waals surface area contributed by atoms with Gasteiger partial charge in [-0.25, -0.2) is 9.97 Å². The quantitative estimate of drug-likeness (QED) is 0.843. The maximum absolute atomic E-state index is 11.9. The lowest BCUT2D eigenvalue weighted by Crippen LogP contribution is -2.45. The summed E-state index contributed by atoms with van der Waals surface area (Å²) >= 11 is 0. The number of nitrogens with zero attached hydrogens (tertiary/aromatic N) is 5. The fourth-order valence-corrected chi connectivity index (χ4v) is 3.48. The number of pyridine rings is 1. The van der Waals surface area contributed by atoms with E-state index in [1.54, 1.807) is 12.4 Å². The molecule has 2 fully saturated rings. The molecule has 0 atom stereocenters. The highest BCUT2D eigenvalue weighted by Gasteiger charge is 2.30. The van der Waals surface area contributed by atoms with E-state index < -0.39 is 0 Å². The minimum absolute atomic E-state index is 0.331. The van der Waals surface area contributed by atoms with E-state index in [1.807, 2.05) is 12.1 Å². The van der Waals surface area contributed by atoms with Crippen LogP contribution in [0.1, 0.15) is 25.7 Å². The standard InChI is InChI=1S/C16H19N5O/c22-15-2-1-9-21(15)12-5-10-20(11-6-12)14-4-3-13-16(19-14)18-8-7-17-13/h3-4,7-8,12H,1-2,5-6,9-11H2. The number of hydrogen-bond donors (Lipinski definition) is 0. The largest absolute Gasteiger partial charge is 0.356 e. The van der Waals surface area contributed by atoms with Crippen molar-refractivity contribution in [1.29, 1.82) is 0 Å². The Morgan fingerprint density at radius 1 is 1.05 bits per heavy atom. The van der Waals surface area contributed by atoms with Gasteiger partial charge in [-0.1, -0.05) is 0 Å². The van der Waals surface area contributed by atoms with E-state index in [2.05, 4.69) is 24.8 Å². The van der Waals surface area contributed by atoms with Gasteiger partial charge in [-0.15, -0.1) is 0 Å². The summed E-state index contributed by atoms with van der Waals surface area (Å²) in [6, 6.07) is 4.39. The molecule has 114 valence electrons. The van der Waals surface area contributed by atoms with Gasteiger partial charge in [-0.05, 0) is 31.4 Å².